The molecule has 0 unspecified atom stereocenters. The van der Waals surface area contributed by atoms with Crippen LogP contribution in [0.4, 0.5) is 5.69 Å². The summed E-state index contributed by atoms with van der Waals surface area (Å²) < 4.78 is 31.8. The topological polar surface area (TPSA) is 79.0 Å². The highest BCUT2D eigenvalue weighted by molar-refractivity contribution is 7.92. The monoisotopic (exact) mass is 459 g/mol. The van der Waals surface area contributed by atoms with Gasteiger partial charge < -0.3 is 10.1 Å². The van der Waals surface area contributed by atoms with Gasteiger partial charge in [0.1, 0.15) is 11.8 Å². The third kappa shape index (κ3) is 5.81. The van der Waals surface area contributed by atoms with Crippen molar-refractivity contribution in [3.05, 3.63) is 59.2 Å². The molecule has 0 aromatic heterocycles. The van der Waals surface area contributed by atoms with Crippen LogP contribution >= 0.6 is 0 Å². The van der Waals surface area contributed by atoms with Crippen LogP contribution in [0.3, 0.4) is 0 Å². The molecular weight excluding hydrogens is 426 g/mol. The number of carbonyl (C=O) groups is 1. The van der Waals surface area contributed by atoms with Gasteiger partial charge in [0.05, 0.1) is 19.1 Å². The van der Waals surface area contributed by atoms with E-state index >= 15 is 0 Å². The molecule has 0 spiro atoms. The number of sulfonamides is 1. The molecule has 2 aromatic rings. The fourth-order valence-corrected chi connectivity index (χ4v) is 5.32. The fourth-order valence-electron chi connectivity index (χ4n) is 4.15. The van der Waals surface area contributed by atoms with Gasteiger partial charge in [-0.3, -0.25) is 14.0 Å². The molecule has 1 saturated heterocycles. The average molecular weight is 460 g/mol. The lowest BCUT2D eigenvalue weighted by molar-refractivity contribution is -0.122. The Labute approximate surface area is 191 Å². The number of carbonyl (C=O) groups excluding carboxylic acids is 1. The van der Waals surface area contributed by atoms with Gasteiger partial charge in [-0.15, -0.1) is 0 Å². The molecule has 1 aliphatic heterocycles. The van der Waals surface area contributed by atoms with Crippen molar-refractivity contribution in [3.8, 4) is 5.75 Å². The number of nitrogens with one attached hydrogen (secondary N) is 1. The van der Waals surface area contributed by atoms with Crippen molar-refractivity contribution in [2.45, 2.75) is 45.8 Å². The summed E-state index contributed by atoms with van der Waals surface area (Å²) in [5.74, 6) is 0.0339. The third-order valence-electron chi connectivity index (χ3n) is 5.82. The Balaban J connectivity index is 1.78. The fraction of sp³-hybridized carbons (Fsp3) is 0.458. The van der Waals surface area contributed by atoms with Crippen molar-refractivity contribution in [2.24, 2.45) is 0 Å². The number of anilines is 1. The molecule has 0 aliphatic carbocycles. The summed E-state index contributed by atoms with van der Waals surface area (Å²) in [6.45, 7) is 6.85. The van der Waals surface area contributed by atoms with Crippen molar-refractivity contribution in [3.63, 3.8) is 0 Å². The van der Waals surface area contributed by atoms with E-state index in [1.807, 2.05) is 31.2 Å². The van der Waals surface area contributed by atoms with Gasteiger partial charge in [0.25, 0.3) is 0 Å². The molecule has 174 valence electrons. The van der Waals surface area contributed by atoms with Crippen LogP contribution in [0.2, 0.25) is 0 Å². The van der Waals surface area contributed by atoms with Gasteiger partial charge in [-0.05, 0) is 68.6 Å². The quantitative estimate of drug-likeness (QED) is 0.624. The highest BCUT2D eigenvalue weighted by Gasteiger charge is 2.31. The maximum Gasteiger partial charge on any atom is 0.243 e. The molecule has 0 bridgehead atoms. The molecule has 8 heteroatoms. The van der Waals surface area contributed by atoms with E-state index in [4.69, 9.17) is 4.74 Å². The first kappa shape index (κ1) is 24.1. The Morgan fingerprint density at radius 3 is 2.44 bits per heavy atom. The Morgan fingerprint density at radius 2 is 1.81 bits per heavy atom. The van der Waals surface area contributed by atoms with E-state index in [1.165, 1.54) is 25.5 Å². The van der Waals surface area contributed by atoms with Crippen molar-refractivity contribution in [2.75, 3.05) is 30.8 Å². The van der Waals surface area contributed by atoms with Crippen LogP contribution in [-0.2, 0) is 27.9 Å². The van der Waals surface area contributed by atoms with Crippen molar-refractivity contribution >= 4 is 21.6 Å². The lowest BCUT2D eigenvalue weighted by atomic mass is 10.1. The molecule has 0 radical (unpaired) electrons. The molecule has 7 nitrogen and oxygen atoms in total. The lowest BCUT2D eigenvalue weighted by Crippen LogP contribution is -2.47. The summed E-state index contributed by atoms with van der Waals surface area (Å²) in [4.78, 5) is 15.5. The molecule has 3 rings (SSSR count). The summed E-state index contributed by atoms with van der Waals surface area (Å²) >= 11 is 0. The van der Waals surface area contributed by atoms with Gasteiger partial charge >= 0.3 is 0 Å². The first-order chi connectivity index (χ1) is 15.2. The SMILES string of the molecule is COc1ccc(C)cc1N([C@H](C)C(=O)NCc1ccccc1CN1CCCC1)S(C)(=O)=O. The number of hydrogen-bond donors (Lipinski definition) is 1. The van der Waals surface area contributed by atoms with Crippen LogP contribution in [0.15, 0.2) is 42.5 Å². The minimum atomic E-state index is -3.73. The Bertz CT molecular complexity index is 1050. The van der Waals surface area contributed by atoms with E-state index in [-0.39, 0.29) is 5.91 Å². The molecule has 1 atom stereocenters. The first-order valence-corrected chi connectivity index (χ1v) is 12.8. The van der Waals surface area contributed by atoms with Crippen LogP contribution < -0.4 is 14.4 Å². The summed E-state index contributed by atoms with van der Waals surface area (Å²) in [5, 5.41) is 2.93. The van der Waals surface area contributed by atoms with Gasteiger partial charge in [0.15, 0.2) is 0 Å². The van der Waals surface area contributed by atoms with Gasteiger partial charge in [0.2, 0.25) is 15.9 Å². The molecular formula is C24H33N3O4S. The van der Waals surface area contributed by atoms with Crippen molar-refractivity contribution in [1.29, 1.82) is 0 Å². The van der Waals surface area contributed by atoms with E-state index in [9.17, 15) is 13.2 Å². The lowest BCUT2D eigenvalue weighted by Gasteiger charge is -2.29. The Kier molecular flexibility index (Phi) is 7.79. The molecule has 1 aliphatic rings. The van der Waals surface area contributed by atoms with E-state index in [1.54, 1.807) is 19.1 Å². The van der Waals surface area contributed by atoms with Crippen LogP contribution in [0.5, 0.6) is 5.75 Å². The molecule has 1 N–H and O–H groups in total. The van der Waals surface area contributed by atoms with Crippen LogP contribution in [-0.4, -0.2) is 51.7 Å². The summed E-state index contributed by atoms with van der Waals surface area (Å²) in [7, 11) is -2.25. The molecule has 32 heavy (non-hydrogen) atoms. The minimum Gasteiger partial charge on any atom is -0.495 e. The first-order valence-electron chi connectivity index (χ1n) is 10.9. The Hall–Kier alpha value is -2.58. The normalized spacial score (nSPS) is 15.4. The molecule has 2 aromatic carbocycles. The zero-order valence-electron chi connectivity index (χ0n) is 19.3. The van der Waals surface area contributed by atoms with Crippen LogP contribution in [0.1, 0.15) is 36.5 Å². The summed E-state index contributed by atoms with van der Waals surface area (Å²) in [6, 6.07) is 12.4. The predicted molar refractivity (Wildman–Crippen MR) is 127 cm³/mol. The van der Waals surface area contributed by atoms with Crippen molar-refractivity contribution < 1.29 is 17.9 Å². The second kappa shape index (κ2) is 10.4. The maximum absolute atomic E-state index is 13.0. The number of hydrogen-bond acceptors (Lipinski definition) is 5. The molecule has 1 heterocycles. The summed E-state index contributed by atoms with van der Waals surface area (Å²) in [5.41, 5.74) is 3.45. The van der Waals surface area contributed by atoms with Crippen LogP contribution in [0, 0.1) is 6.92 Å². The number of amides is 1. The number of ether oxygens (including phenoxy) is 1. The number of likely N-dealkylation sites (tertiary alicyclic amines) is 1. The number of methoxy groups -OCH3 is 1. The zero-order chi connectivity index (χ0) is 23.3. The van der Waals surface area contributed by atoms with E-state index in [0.29, 0.717) is 18.0 Å². The number of rotatable bonds is 9. The van der Waals surface area contributed by atoms with Crippen molar-refractivity contribution in [1.82, 2.24) is 10.2 Å². The standard InChI is InChI=1S/C24H33N3O4S/c1-18-11-12-23(31-3)22(15-18)27(32(4,29)30)19(2)24(28)25-16-20-9-5-6-10-21(20)17-26-13-7-8-14-26/h5-6,9-12,15,19H,7-8,13-14,16-17H2,1-4H3,(H,25,28)/t19-/m1/s1. The van der Waals surface area contributed by atoms with Gasteiger partial charge in [-0.25, -0.2) is 8.42 Å². The van der Waals surface area contributed by atoms with Crippen LogP contribution in [0.25, 0.3) is 0 Å². The number of aryl methyl sites for hydroxylation is 1. The second-order valence-electron chi connectivity index (χ2n) is 8.38. The largest absolute Gasteiger partial charge is 0.495 e. The number of benzene rings is 2. The van der Waals surface area contributed by atoms with Gasteiger partial charge in [0, 0.05) is 13.1 Å². The minimum absolute atomic E-state index is 0.343. The second-order valence-corrected chi connectivity index (χ2v) is 10.2. The molecule has 1 fully saturated rings. The van der Waals surface area contributed by atoms with Gasteiger partial charge in [-0.1, -0.05) is 30.3 Å². The maximum atomic E-state index is 13.0. The van der Waals surface area contributed by atoms with E-state index in [0.717, 1.165) is 41.3 Å². The predicted octanol–water partition coefficient (Wildman–Crippen LogP) is 3.07. The molecule has 1 amide bonds. The average Bonchev–Trinajstić information content (AvgIpc) is 3.25. The van der Waals surface area contributed by atoms with E-state index in [2.05, 4.69) is 16.3 Å². The molecule has 0 saturated carbocycles. The highest BCUT2D eigenvalue weighted by Crippen LogP contribution is 2.32. The third-order valence-corrected chi connectivity index (χ3v) is 7.05. The summed E-state index contributed by atoms with van der Waals surface area (Å²) in [6.07, 6.45) is 3.55. The zero-order valence-corrected chi connectivity index (χ0v) is 20.1. The number of nitrogens with zero attached hydrogens (tertiary/aromatic N) is 2. The smallest absolute Gasteiger partial charge is 0.243 e. The van der Waals surface area contributed by atoms with Gasteiger partial charge in [-0.2, -0.15) is 0 Å². The highest BCUT2D eigenvalue weighted by atomic mass is 32.2. The van der Waals surface area contributed by atoms with E-state index < -0.39 is 16.1 Å². The Morgan fingerprint density at radius 1 is 1.16 bits per heavy atom.